The highest BCUT2D eigenvalue weighted by atomic mass is 15.1. The minimum absolute atomic E-state index is 0.845. The van der Waals surface area contributed by atoms with Crippen molar-refractivity contribution in [1.82, 2.24) is 4.90 Å². The van der Waals surface area contributed by atoms with Crippen molar-refractivity contribution in [2.45, 2.75) is 59.0 Å². The van der Waals surface area contributed by atoms with Crippen molar-refractivity contribution in [2.75, 3.05) is 6.54 Å². The molecule has 130 valence electrons. The van der Waals surface area contributed by atoms with E-state index in [1.807, 2.05) is 0 Å². The Kier molecular flexibility index (Phi) is 8.62. The van der Waals surface area contributed by atoms with E-state index in [1.54, 1.807) is 0 Å². The maximum absolute atomic E-state index is 2.59. The van der Waals surface area contributed by atoms with Crippen molar-refractivity contribution >= 4 is 0 Å². The second kappa shape index (κ2) is 11.0. The molecule has 0 fully saturated rings. The van der Waals surface area contributed by atoms with Crippen molar-refractivity contribution in [3.05, 3.63) is 71.8 Å². The van der Waals surface area contributed by atoms with Gasteiger partial charge in [0.25, 0.3) is 0 Å². The molecule has 0 radical (unpaired) electrons. The topological polar surface area (TPSA) is 3.24 Å². The first-order valence-electron chi connectivity index (χ1n) is 9.54. The Morgan fingerprint density at radius 2 is 1.17 bits per heavy atom. The van der Waals surface area contributed by atoms with Gasteiger partial charge in [-0.15, -0.1) is 0 Å². The lowest BCUT2D eigenvalue weighted by Crippen LogP contribution is -2.24. The summed E-state index contributed by atoms with van der Waals surface area (Å²) in [6, 6.07) is 21.7. The smallest absolute Gasteiger partial charge is 0.0237 e. The van der Waals surface area contributed by atoms with E-state index in [0.717, 1.165) is 19.0 Å². The lowest BCUT2D eigenvalue weighted by atomic mass is 10.0. The average Bonchev–Trinajstić information content (AvgIpc) is 2.59. The lowest BCUT2D eigenvalue weighted by molar-refractivity contribution is 0.250. The molecule has 0 heterocycles. The van der Waals surface area contributed by atoms with Gasteiger partial charge in [-0.2, -0.15) is 0 Å². The van der Waals surface area contributed by atoms with Gasteiger partial charge >= 0.3 is 0 Å². The summed E-state index contributed by atoms with van der Waals surface area (Å²) in [4.78, 5) is 2.59. The highest BCUT2D eigenvalue weighted by Crippen LogP contribution is 2.13. The molecule has 2 aromatic carbocycles. The van der Waals surface area contributed by atoms with E-state index in [2.05, 4.69) is 79.4 Å². The van der Waals surface area contributed by atoms with Crippen molar-refractivity contribution in [3.8, 4) is 0 Å². The summed E-state index contributed by atoms with van der Waals surface area (Å²) in [7, 11) is 0. The van der Waals surface area contributed by atoms with Gasteiger partial charge in [-0.05, 0) is 30.0 Å². The molecule has 0 aliphatic carbocycles. The van der Waals surface area contributed by atoms with Gasteiger partial charge in [0.15, 0.2) is 0 Å². The molecule has 1 nitrogen and oxygen atoms in total. The van der Waals surface area contributed by atoms with Crippen LogP contribution in [0.15, 0.2) is 60.7 Å². The van der Waals surface area contributed by atoms with Crippen LogP contribution < -0.4 is 0 Å². The monoisotopic (exact) mass is 323 g/mol. The number of nitrogens with zero attached hydrogens (tertiary/aromatic N) is 1. The minimum atomic E-state index is 0.845. The average molecular weight is 324 g/mol. The molecule has 2 rings (SSSR count). The van der Waals surface area contributed by atoms with Crippen LogP contribution >= 0.6 is 0 Å². The van der Waals surface area contributed by atoms with E-state index >= 15 is 0 Å². The third kappa shape index (κ3) is 7.79. The summed E-state index contributed by atoms with van der Waals surface area (Å²) in [6.07, 6.45) is 6.79. The van der Waals surface area contributed by atoms with Crippen molar-refractivity contribution in [1.29, 1.82) is 0 Å². The van der Waals surface area contributed by atoms with Crippen LogP contribution in [0.25, 0.3) is 0 Å². The molecule has 0 amide bonds. The molecule has 24 heavy (non-hydrogen) atoms. The zero-order valence-electron chi connectivity index (χ0n) is 15.5. The van der Waals surface area contributed by atoms with Crippen molar-refractivity contribution in [3.63, 3.8) is 0 Å². The van der Waals surface area contributed by atoms with Crippen LogP contribution in [0.4, 0.5) is 0 Å². The molecule has 0 unspecified atom stereocenters. The Hall–Kier alpha value is -1.60. The Bertz CT molecular complexity index is 491. The molecule has 2 aromatic rings. The maximum atomic E-state index is 2.59. The fourth-order valence-electron chi connectivity index (χ4n) is 3.14. The number of hydrogen-bond donors (Lipinski definition) is 0. The molecule has 0 aromatic heterocycles. The van der Waals surface area contributed by atoms with Crippen LogP contribution in [0.1, 0.15) is 57.1 Å². The van der Waals surface area contributed by atoms with E-state index in [-0.39, 0.29) is 0 Å². The number of rotatable bonds is 11. The molecular formula is C23H33N. The molecule has 0 atom stereocenters. The Labute approximate surface area is 148 Å². The molecule has 0 aliphatic heterocycles. The fraction of sp³-hybridized carbons (Fsp3) is 0.478. The van der Waals surface area contributed by atoms with Gasteiger partial charge in [0, 0.05) is 13.1 Å². The molecular weight excluding hydrogens is 290 g/mol. The minimum Gasteiger partial charge on any atom is -0.295 e. The quantitative estimate of drug-likeness (QED) is 0.439. The predicted molar refractivity (Wildman–Crippen MR) is 105 cm³/mol. The normalized spacial score (nSPS) is 11.3. The second-order valence-corrected chi connectivity index (χ2v) is 7.28. The largest absolute Gasteiger partial charge is 0.295 e. The second-order valence-electron chi connectivity index (χ2n) is 7.28. The fourth-order valence-corrected chi connectivity index (χ4v) is 3.14. The van der Waals surface area contributed by atoms with Gasteiger partial charge in [0.1, 0.15) is 0 Å². The van der Waals surface area contributed by atoms with Gasteiger partial charge < -0.3 is 0 Å². The summed E-state index contributed by atoms with van der Waals surface area (Å²) >= 11 is 0. The standard InChI is InChI=1S/C23H33N/c1-21(2)13-7-3-4-12-18-24(19-22-14-8-5-9-15-22)20-23-16-10-6-11-17-23/h5-6,8-11,14-17,21H,3-4,7,12-13,18-20H2,1-2H3. The molecule has 1 heteroatoms. The van der Waals surface area contributed by atoms with Gasteiger partial charge in [0.05, 0.1) is 0 Å². The van der Waals surface area contributed by atoms with Gasteiger partial charge in [0.2, 0.25) is 0 Å². The Morgan fingerprint density at radius 3 is 1.67 bits per heavy atom. The first-order valence-corrected chi connectivity index (χ1v) is 9.54. The summed E-state index contributed by atoms with van der Waals surface area (Å²) in [5.41, 5.74) is 2.82. The van der Waals surface area contributed by atoms with E-state index in [0.29, 0.717) is 0 Å². The van der Waals surface area contributed by atoms with E-state index < -0.39 is 0 Å². The molecule has 0 saturated heterocycles. The van der Waals surface area contributed by atoms with Gasteiger partial charge in [-0.25, -0.2) is 0 Å². The SMILES string of the molecule is CC(C)CCCCCCN(Cc1ccccc1)Cc1ccccc1. The third-order valence-electron chi connectivity index (χ3n) is 4.50. The zero-order chi connectivity index (χ0) is 17.0. The van der Waals surface area contributed by atoms with Crippen molar-refractivity contribution < 1.29 is 0 Å². The van der Waals surface area contributed by atoms with Crippen LogP contribution in [-0.4, -0.2) is 11.4 Å². The van der Waals surface area contributed by atoms with E-state index in [4.69, 9.17) is 0 Å². The summed E-state index contributed by atoms with van der Waals surface area (Å²) in [6.45, 7) is 7.91. The third-order valence-corrected chi connectivity index (χ3v) is 4.50. The maximum Gasteiger partial charge on any atom is 0.0237 e. The highest BCUT2D eigenvalue weighted by Gasteiger charge is 2.07. The predicted octanol–water partition coefficient (Wildman–Crippen LogP) is 6.30. The Balaban J connectivity index is 1.81. The first-order chi connectivity index (χ1) is 11.7. The van der Waals surface area contributed by atoms with Crippen LogP contribution in [-0.2, 0) is 13.1 Å². The summed E-state index contributed by atoms with van der Waals surface area (Å²) < 4.78 is 0. The van der Waals surface area contributed by atoms with Crippen molar-refractivity contribution in [2.24, 2.45) is 5.92 Å². The van der Waals surface area contributed by atoms with Crippen LogP contribution in [0.5, 0.6) is 0 Å². The van der Waals surface area contributed by atoms with Gasteiger partial charge in [-0.3, -0.25) is 4.90 Å². The molecule has 0 N–H and O–H groups in total. The zero-order valence-corrected chi connectivity index (χ0v) is 15.5. The molecule has 0 spiro atoms. The number of benzene rings is 2. The Morgan fingerprint density at radius 1 is 0.667 bits per heavy atom. The number of unbranched alkanes of at least 4 members (excludes halogenated alkanes) is 3. The van der Waals surface area contributed by atoms with E-state index in [1.165, 1.54) is 49.8 Å². The highest BCUT2D eigenvalue weighted by molar-refractivity contribution is 5.17. The summed E-state index contributed by atoms with van der Waals surface area (Å²) in [5, 5.41) is 0. The first kappa shape index (κ1) is 18.7. The lowest BCUT2D eigenvalue weighted by Gasteiger charge is -2.22. The van der Waals surface area contributed by atoms with Crippen LogP contribution in [0, 0.1) is 5.92 Å². The van der Waals surface area contributed by atoms with E-state index in [9.17, 15) is 0 Å². The molecule has 0 aliphatic rings. The molecule has 0 bridgehead atoms. The number of hydrogen-bond acceptors (Lipinski definition) is 1. The summed E-state index contributed by atoms with van der Waals surface area (Å²) in [5.74, 6) is 0.845. The van der Waals surface area contributed by atoms with Crippen LogP contribution in [0.2, 0.25) is 0 Å². The van der Waals surface area contributed by atoms with Gasteiger partial charge in [-0.1, -0.05) is 100 Å². The molecule has 0 saturated carbocycles. The van der Waals surface area contributed by atoms with Crippen LogP contribution in [0.3, 0.4) is 0 Å².